The van der Waals surface area contributed by atoms with Crippen LogP contribution in [0.4, 0.5) is 16.2 Å². The number of nitrogens with one attached hydrogen (secondary N) is 1. The summed E-state index contributed by atoms with van der Waals surface area (Å²) in [7, 11) is 0. The summed E-state index contributed by atoms with van der Waals surface area (Å²) in [5.41, 5.74) is 3.53. The zero-order valence-corrected chi connectivity index (χ0v) is 21.7. The number of carbonyl (C=O) groups is 2. The first-order valence-corrected chi connectivity index (χ1v) is 13.0. The highest BCUT2D eigenvalue weighted by molar-refractivity contribution is 6.30. The Balaban J connectivity index is 1.21. The highest BCUT2D eigenvalue weighted by Crippen LogP contribution is 2.45. The van der Waals surface area contributed by atoms with Crippen molar-refractivity contribution in [3.05, 3.63) is 88.4 Å². The van der Waals surface area contributed by atoms with Crippen LogP contribution < -0.4 is 19.9 Å². The van der Waals surface area contributed by atoms with E-state index < -0.39 is 5.72 Å². The maximum atomic E-state index is 13.4. The molecular formula is C29H29ClN4O3. The van der Waals surface area contributed by atoms with Gasteiger partial charge in [-0.3, -0.25) is 9.69 Å². The van der Waals surface area contributed by atoms with E-state index in [0.717, 1.165) is 35.7 Å². The molecule has 190 valence electrons. The fourth-order valence-corrected chi connectivity index (χ4v) is 5.87. The molecule has 2 fully saturated rings. The lowest BCUT2D eigenvalue weighted by molar-refractivity contribution is 0.0377. The Hall–Kier alpha value is -3.71. The molecule has 0 saturated carbocycles. The van der Waals surface area contributed by atoms with E-state index in [4.69, 9.17) is 16.3 Å². The molecule has 3 aliphatic heterocycles. The Morgan fingerprint density at radius 2 is 1.76 bits per heavy atom. The first-order chi connectivity index (χ1) is 17.8. The van der Waals surface area contributed by atoms with Crippen molar-refractivity contribution in [1.82, 2.24) is 10.2 Å². The number of amides is 3. The summed E-state index contributed by atoms with van der Waals surface area (Å²) in [4.78, 5) is 32.5. The minimum Gasteiger partial charge on any atom is -0.467 e. The molecule has 3 amide bonds. The SMILES string of the molecule is Cc1ccc2c(c1)[C@H]1C[C@@](C)(O2)N(c2cccc(C(=O)N3CCN(c4cccc(Cl)c4)CC3)c2)C(=O)N1. The fraction of sp³-hybridized carbons (Fsp3) is 0.310. The molecule has 7 nitrogen and oxygen atoms in total. The van der Waals surface area contributed by atoms with Crippen molar-refractivity contribution >= 4 is 34.9 Å². The van der Waals surface area contributed by atoms with Crippen LogP contribution in [0.3, 0.4) is 0 Å². The van der Waals surface area contributed by atoms with Crippen molar-refractivity contribution in [3.63, 3.8) is 0 Å². The molecule has 3 heterocycles. The number of nitrogens with zero attached hydrogens (tertiary/aromatic N) is 3. The van der Waals surface area contributed by atoms with E-state index >= 15 is 0 Å². The maximum absolute atomic E-state index is 13.4. The van der Waals surface area contributed by atoms with Crippen molar-refractivity contribution in [2.24, 2.45) is 0 Å². The van der Waals surface area contributed by atoms with Crippen LogP contribution >= 0.6 is 11.6 Å². The summed E-state index contributed by atoms with van der Waals surface area (Å²) in [5, 5.41) is 3.84. The largest absolute Gasteiger partial charge is 0.467 e. The Kier molecular flexibility index (Phi) is 5.75. The van der Waals surface area contributed by atoms with Crippen LogP contribution in [0.5, 0.6) is 5.75 Å². The molecule has 0 aliphatic carbocycles. The number of fused-ring (bicyclic) bond motifs is 4. The van der Waals surface area contributed by atoms with Crippen molar-refractivity contribution in [1.29, 1.82) is 0 Å². The van der Waals surface area contributed by atoms with E-state index in [0.29, 0.717) is 35.8 Å². The van der Waals surface area contributed by atoms with E-state index in [-0.39, 0.29) is 18.0 Å². The van der Waals surface area contributed by atoms with E-state index in [2.05, 4.69) is 16.3 Å². The average molecular weight is 517 g/mol. The Morgan fingerprint density at radius 1 is 1.00 bits per heavy atom. The predicted molar refractivity (Wildman–Crippen MR) is 145 cm³/mol. The average Bonchev–Trinajstić information content (AvgIpc) is 2.88. The molecule has 0 radical (unpaired) electrons. The molecule has 2 bridgehead atoms. The van der Waals surface area contributed by atoms with Crippen LogP contribution in [0.15, 0.2) is 66.7 Å². The van der Waals surface area contributed by atoms with Crippen LogP contribution in [0.1, 0.15) is 40.9 Å². The molecule has 2 atom stereocenters. The van der Waals surface area contributed by atoms with Crippen LogP contribution in [0.25, 0.3) is 0 Å². The highest BCUT2D eigenvalue weighted by atomic mass is 35.5. The number of ether oxygens (including phenoxy) is 1. The van der Waals surface area contributed by atoms with Crippen molar-refractivity contribution < 1.29 is 14.3 Å². The number of anilines is 2. The first kappa shape index (κ1) is 23.7. The topological polar surface area (TPSA) is 65.1 Å². The zero-order valence-electron chi connectivity index (χ0n) is 20.9. The highest BCUT2D eigenvalue weighted by Gasteiger charge is 2.50. The minimum atomic E-state index is -0.862. The molecular weight excluding hydrogens is 488 g/mol. The molecule has 6 rings (SSSR count). The molecule has 1 N–H and O–H groups in total. The Labute approximate surface area is 221 Å². The van der Waals surface area contributed by atoms with Crippen molar-refractivity contribution in [2.75, 3.05) is 36.0 Å². The molecule has 3 aliphatic rings. The van der Waals surface area contributed by atoms with Gasteiger partial charge in [0, 0.05) is 54.4 Å². The second-order valence-corrected chi connectivity index (χ2v) is 10.6. The number of halogens is 1. The van der Waals surface area contributed by atoms with E-state index in [1.165, 1.54) is 0 Å². The van der Waals surface area contributed by atoms with Gasteiger partial charge in [0.2, 0.25) is 0 Å². The molecule has 2 saturated heterocycles. The quantitative estimate of drug-likeness (QED) is 0.507. The fourth-order valence-electron chi connectivity index (χ4n) is 5.69. The summed E-state index contributed by atoms with van der Waals surface area (Å²) >= 11 is 6.15. The van der Waals surface area contributed by atoms with E-state index in [1.807, 2.05) is 73.3 Å². The predicted octanol–water partition coefficient (Wildman–Crippen LogP) is 5.38. The summed E-state index contributed by atoms with van der Waals surface area (Å²) in [5.74, 6) is 0.734. The van der Waals surface area contributed by atoms with Gasteiger partial charge in [-0.15, -0.1) is 0 Å². The van der Waals surface area contributed by atoms with Gasteiger partial charge in [-0.05, 0) is 56.3 Å². The van der Waals surface area contributed by atoms with Gasteiger partial charge in [-0.2, -0.15) is 0 Å². The number of piperazine rings is 1. The lowest BCUT2D eigenvalue weighted by atomic mass is 9.89. The third kappa shape index (κ3) is 4.27. The van der Waals surface area contributed by atoms with E-state index in [1.54, 1.807) is 11.0 Å². The van der Waals surface area contributed by atoms with Gasteiger partial charge in [0.05, 0.1) is 11.7 Å². The lowest BCUT2D eigenvalue weighted by Crippen LogP contribution is -2.65. The molecule has 3 aromatic rings. The number of hydrogen-bond donors (Lipinski definition) is 1. The number of urea groups is 1. The number of aryl methyl sites for hydroxylation is 1. The molecule has 0 aromatic heterocycles. The standard InChI is InChI=1S/C29H29ClN4O3/c1-19-9-10-26-24(15-19)25-18-29(2,37-26)34(28(36)31-25)23-8-3-5-20(16-23)27(35)33-13-11-32(12-14-33)22-7-4-6-21(30)17-22/h3-10,15-17,25H,11-14,18H2,1-2H3,(H,31,36)/t25-,29-/m1/s1. The Bertz CT molecular complexity index is 1390. The summed E-state index contributed by atoms with van der Waals surface area (Å²) in [6.45, 7) is 6.64. The first-order valence-electron chi connectivity index (χ1n) is 12.6. The third-order valence-electron chi connectivity index (χ3n) is 7.52. The number of carbonyl (C=O) groups excluding carboxylic acids is 2. The van der Waals surface area contributed by atoms with Gasteiger partial charge < -0.3 is 19.9 Å². The van der Waals surface area contributed by atoms with Gasteiger partial charge in [0.1, 0.15) is 5.75 Å². The van der Waals surface area contributed by atoms with Crippen LogP contribution in [-0.4, -0.2) is 48.7 Å². The number of rotatable bonds is 3. The van der Waals surface area contributed by atoms with Gasteiger partial charge in [0.15, 0.2) is 5.72 Å². The normalized spacial score (nSPS) is 22.7. The molecule has 37 heavy (non-hydrogen) atoms. The smallest absolute Gasteiger partial charge is 0.325 e. The monoisotopic (exact) mass is 516 g/mol. The summed E-state index contributed by atoms with van der Waals surface area (Å²) in [6, 6.07) is 20.8. The van der Waals surface area contributed by atoms with Gasteiger partial charge >= 0.3 is 6.03 Å². The summed E-state index contributed by atoms with van der Waals surface area (Å²) < 4.78 is 6.42. The van der Waals surface area contributed by atoms with Crippen LogP contribution in [-0.2, 0) is 0 Å². The van der Waals surface area contributed by atoms with Crippen molar-refractivity contribution in [3.8, 4) is 5.75 Å². The zero-order chi connectivity index (χ0) is 25.7. The van der Waals surface area contributed by atoms with Crippen LogP contribution in [0.2, 0.25) is 5.02 Å². The number of benzene rings is 3. The molecule has 8 heteroatoms. The molecule has 3 aromatic carbocycles. The molecule has 0 spiro atoms. The summed E-state index contributed by atoms with van der Waals surface area (Å²) in [6.07, 6.45) is 0.610. The second kappa shape index (κ2) is 8.99. The van der Waals surface area contributed by atoms with Gasteiger partial charge in [-0.1, -0.05) is 41.4 Å². The Morgan fingerprint density at radius 3 is 2.54 bits per heavy atom. The second-order valence-electron chi connectivity index (χ2n) is 10.2. The lowest BCUT2D eigenvalue weighted by Gasteiger charge is -2.50. The minimum absolute atomic E-state index is 0.0431. The van der Waals surface area contributed by atoms with Gasteiger partial charge in [0.25, 0.3) is 5.91 Å². The molecule has 0 unspecified atom stereocenters. The third-order valence-corrected chi connectivity index (χ3v) is 7.75. The van der Waals surface area contributed by atoms with Gasteiger partial charge in [-0.25, -0.2) is 4.79 Å². The van der Waals surface area contributed by atoms with E-state index in [9.17, 15) is 9.59 Å². The maximum Gasteiger partial charge on any atom is 0.325 e. The van der Waals surface area contributed by atoms with Crippen LogP contribution in [0, 0.1) is 6.92 Å². The number of hydrogen-bond acceptors (Lipinski definition) is 4. The van der Waals surface area contributed by atoms with Crippen molar-refractivity contribution in [2.45, 2.75) is 32.0 Å².